The summed E-state index contributed by atoms with van der Waals surface area (Å²) in [5.41, 5.74) is 1.12. The highest BCUT2D eigenvalue weighted by Crippen LogP contribution is 2.33. The van der Waals surface area contributed by atoms with Gasteiger partial charge in [0, 0.05) is 5.02 Å². The number of benzene rings is 2. The summed E-state index contributed by atoms with van der Waals surface area (Å²) in [6.07, 6.45) is 0. The molecule has 0 aliphatic carbocycles. The Kier molecular flexibility index (Phi) is 4.14. The Balaban J connectivity index is 1.52. The molecule has 0 atom stereocenters. The molecule has 1 aliphatic heterocycles. The molecule has 6 nitrogen and oxygen atoms in total. The number of aromatic nitrogens is 1. The van der Waals surface area contributed by atoms with Crippen LogP contribution in [0.15, 0.2) is 36.4 Å². The first-order valence-corrected chi connectivity index (χ1v) is 9.02. The summed E-state index contributed by atoms with van der Waals surface area (Å²) in [5.74, 6) is -1.50. The van der Waals surface area contributed by atoms with E-state index >= 15 is 0 Å². The van der Waals surface area contributed by atoms with Crippen molar-refractivity contribution in [2.75, 3.05) is 11.9 Å². The van der Waals surface area contributed by atoms with Gasteiger partial charge in [-0.1, -0.05) is 46.7 Å². The average molecular weight is 406 g/mol. The van der Waals surface area contributed by atoms with Crippen LogP contribution in [0.5, 0.6) is 0 Å². The quantitative estimate of drug-likeness (QED) is 0.671. The van der Waals surface area contributed by atoms with Gasteiger partial charge in [0.2, 0.25) is 5.91 Å². The van der Waals surface area contributed by atoms with Crippen molar-refractivity contribution in [2.24, 2.45) is 0 Å². The van der Waals surface area contributed by atoms with Gasteiger partial charge < -0.3 is 5.32 Å². The predicted octanol–water partition coefficient (Wildman–Crippen LogP) is 3.84. The van der Waals surface area contributed by atoms with Crippen LogP contribution in [0.4, 0.5) is 5.13 Å². The van der Waals surface area contributed by atoms with Gasteiger partial charge in [0.05, 0.1) is 20.8 Å². The Hall–Kier alpha value is -2.48. The van der Waals surface area contributed by atoms with E-state index in [-0.39, 0.29) is 0 Å². The molecule has 2 aromatic carbocycles. The van der Waals surface area contributed by atoms with Crippen molar-refractivity contribution in [3.63, 3.8) is 0 Å². The fourth-order valence-corrected chi connectivity index (χ4v) is 4.30. The van der Waals surface area contributed by atoms with E-state index in [0.717, 1.165) is 9.60 Å². The van der Waals surface area contributed by atoms with E-state index in [0.29, 0.717) is 31.8 Å². The number of carbonyl (C=O) groups excluding carboxylic acids is 3. The van der Waals surface area contributed by atoms with E-state index in [9.17, 15) is 14.4 Å². The number of imide groups is 1. The zero-order valence-electron chi connectivity index (χ0n) is 13.0. The largest absolute Gasteiger partial charge is 0.300 e. The van der Waals surface area contributed by atoms with Crippen LogP contribution in [0, 0.1) is 0 Å². The molecule has 3 amide bonds. The van der Waals surface area contributed by atoms with Crippen molar-refractivity contribution in [3.05, 3.63) is 57.6 Å². The van der Waals surface area contributed by atoms with Gasteiger partial charge in [-0.3, -0.25) is 19.3 Å². The van der Waals surface area contributed by atoms with Crippen molar-refractivity contribution in [2.45, 2.75) is 0 Å². The molecule has 3 aromatic rings. The molecule has 9 heteroatoms. The topological polar surface area (TPSA) is 79.4 Å². The molecule has 0 unspecified atom stereocenters. The van der Waals surface area contributed by atoms with Gasteiger partial charge >= 0.3 is 0 Å². The summed E-state index contributed by atoms with van der Waals surface area (Å²) >= 11 is 13.2. The molecule has 26 heavy (non-hydrogen) atoms. The average Bonchev–Trinajstić information content (AvgIpc) is 3.10. The first kappa shape index (κ1) is 17.0. The van der Waals surface area contributed by atoms with E-state index in [1.165, 1.54) is 11.3 Å². The summed E-state index contributed by atoms with van der Waals surface area (Å²) in [6.45, 7) is -0.392. The standard InChI is InChI=1S/C17H9Cl2N3O3S/c18-8-5-11(19)14-12(6-8)26-17(21-14)20-13(23)7-22-15(24)9-3-1-2-4-10(9)16(22)25/h1-6H,7H2,(H,20,21,23). The summed E-state index contributed by atoms with van der Waals surface area (Å²) < 4.78 is 0.721. The minimum Gasteiger partial charge on any atom is -0.300 e. The van der Waals surface area contributed by atoms with Crippen LogP contribution in [0.25, 0.3) is 10.2 Å². The second-order valence-electron chi connectivity index (χ2n) is 5.54. The third kappa shape index (κ3) is 2.84. The maximum atomic E-state index is 12.3. The second-order valence-corrected chi connectivity index (χ2v) is 7.42. The number of nitrogens with zero attached hydrogens (tertiary/aromatic N) is 2. The summed E-state index contributed by atoms with van der Waals surface area (Å²) in [6, 6.07) is 9.72. The maximum absolute atomic E-state index is 12.3. The Labute approximate surface area is 161 Å². The number of fused-ring (bicyclic) bond motifs is 2. The number of anilines is 1. The molecule has 0 saturated carbocycles. The fourth-order valence-electron chi connectivity index (χ4n) is 2.70. The number of halogens is 2. The zero-order valence-corrected chi connectivity index (χ0v) is 15.3. The molecule has 4 rings (SSSR count). The summed E-state index contributed by atoms with van der Waals surface area (Å²) in [7, 11) is 0. The van der Waals surface area contributed by atoms with Crippen molar-refractivity contribution < 1.29 is 14.4 Å². The van der Waals surface area contributed by atoms with Crippen LogP contribution >= 0.6 is 34.5 Å². The monoisotopic (exact) mass is 405 g/mol. The van der Waals surface area contributed by atoms with Gasteiger partial charge in [-0.25, -0.2) is 4.98 Å². The third-order valence-electron chi connectivity index (χ3n) is 3.84. The number of rotatable bonds is 3. The smallest absolute Gasteiger partial charge is 0.262 e. The van der Waals surface area contributed by atoms with Crippen LogP contribution in [0.1, 0.15) is 20.7 Å². The number of amides is 3. The summed E-state index contributed by atoms with van der Waals surface area (Å²) in [5, 5.41) is 3.75. The van der Waals surface area contributed by atoms with Gasteiger partial charge in [0.25, 0.3) is 11.8 Å². The molecule has 1 N–H and O–H groups in total. The number of nitrogens with one attached hydrogen (secondary N) is 1. The fraction of sp³-hybridized carbons (Fsp3) is 0.0588. The lowest BCUT2D eigenvalue weighted by molar-refractivity contribution is -0.116. The molecule has 130 valence electrons. The highest BCUT2D eigenvalue weighted by molar-refractivity contribution is 7.22. The van der Waals surface area contributed by atoms with Gasteiger partial charge in [-0.2, -0.15) is 0 Å². The van der Waals surface area contributed by atoms with Crippen LogP contribution in [-0.4, -0.2) is 34.2 Å². The van der Waals surface area contributed by atoms with Crippen molar-refractivity contribution >= 4 is 67.6 Å². The van der Waals surface area contributed by atoms with Crippen LogP contribution in [0.2, 0.25) is 10.0 Å². The lowest BCUT2D eigenvalue weighted by Crippen LogP contribution is -2.37. The van der Waals surface area contributed by atoms with E-state index in [1.807, 2.05) is 0 Å². The molecule has 1 aliphatic rings. The maximum Gasteiger partial charge on any atom is 0.262 e. The summed E-state index contributed by atoms with van der Waals surface area (Å²) in [4.78, 5) is 42.1. The Morgan fingerprint density at radius 2 is 1.77 bits per heavy atom. The van der Waals surface area contributed by atoms with E-state index < -0.39 is 24.3 Å². The van der Waals surface area contributed by atoms with Crippen molar-refractivity contribution in [3.8, 4) is 0 Å². The minimum atomic E-state index is -0.527. The number of thiazole rings is 1. The molecule has 0 saturated heterocycles. The van der Waals surface area contributed by atoms with Crippen molar-refractivity contribution in [1.29, 1.82) is 0 Å². The zero-order chi connectivity index (χ0) is 18.4. The lowest BCUT2D eigenvalue weighted by atomic mass is 10.1. The number of carbonyl (C=O) groups is 3. The van der Waals surface area contributed by atoms with E-state index in [1.54, 1.807) is 36.4 Å². The molecular weight excluding hydrogens is 397 g/mol. The Bertz CT molecular complexity index is 1060. The minimum absolute atomic E-state index is 0.298. The van der Waals surface area contributed by atoms with Gasteiger partial charge in [-0.05, 0) is 24.3 Å². The van der Waals surface area contributed by atoms with Crippen LogP contribution < -0.4 is 5.32 Å². The molecular formula is C17H9Cl2N3O3S. The van der Waals surface area contributed by atoms with Crippen molar-refractivity contribution in [1.82, 2.24) is 9.88 Å². The molecule has 0 bridgehead atoms. The number of hydrogen-bond donors (Lipinski definition) is 1. The predicted molar refractivity (Wildman–Crippen MR) is 100 cm³/mol. The van der Waals surface area contributed by atoms with Gasteiger partial charge in [0.1, 0.15) is 12.1 Å². The molecule has 0 fully saturated rings. The molecule has 1 aromatic heterocycles. The number of hydrogen-bond acceptors (Lipinski definition) is 5. The first-order chi connectivity index (χ1) is 12.4. The lowest BCUT2D eigenvalue weighted by Gasteiger charge is -2.12. The highest BCUT2D eigenvalue weighted by Gasteiger charge is 2.36. The van der Waals surface area contributed by atoms with Gasteiger partial charge in [-0.15, -0.1) is 0 Å². The third-order valence-corrected chi connectivity index (χ3v) is 5.26. The Morgan fingerprint density at radius 1 is 1.12 bits per heavy atom. The normalized spacial score (nSPS) is 13.4. The SMILES string of the molecule is O=C(CN1C(=O)c2ccccc2C1=O)Nc1nc2c(Cl)cc(Cl)cc2s1. The highest BCUT2D eigenvalue weighted by atomic mass is 35.5. The Morgan fingerprint density at radius 3 is 2.42 bits per heavy atom. The molecule has 0 radical (unpaired) electrons. The van der Waals surface area contributed by atoms with Gasteiger partial charge in [0.15, 0.2) is 5.13 Å². The van der Waals surface area contributed by atoms with E-state index in [2.05, 4.69) is 10.3 Å². The second kappa shape index (κ2) is 6.35. The van der Waals surface area contributed by atoms with Crippen LogP contribution in [0.3, 0.4) is 0 Å². The van der Waals surface area contributed by atoms with E-state index in [4.69, 9.17) is 23.2 Å². The molecule has 0 spiro atoms. The van der Waals surface area contributed by atoms with Crippen LogP contribution in [-0.2, 0) is 4.79 Å². The first-order valence-electron chi connectivity index (χ1n) is 7.44. The molecule has 2 heterocycles.